The summed E-state index contributed by atoms with van der Waals surface area (Å²) in [6.45, 7) is 0.0838. The van der Waals surface area contributed by atoms with Crippen LogP contribution in [0, 0.1) is 0 Å². The SMILES string of the molecule is Nc1nc2cc(Cl)ccc2n1CC(=O)OC1CCCC1. The zero-order valence-electron chi connectivity index (χ0n) is 11.0. The Morgan fingerprint density at radius 2 is 2.20 bits per heavy atom. The highest BCUT2D eigenvalue weighted by Gasteiger charge is 2.20. The molecule has 0 aliphatic heterocycles. The Labute approximate surface area is 121 Å². The zero-order valence-corrected chi connectivity index (χ0v) is 11.8. The van der Waals surface area contributed by atoms with Gasteiger partial charge in [-0.3, -0.25) is 9.36 Å². The number of aromatic nitrogens is 2. The summed E-state index contributed by atoms with van der Waals surface area (Å²) in [5.74, 6) is 0.0310. The Morgan fingerprint density at radius 1 is 1.45 bits per heavy atom. The maximum Gasteiger partial charge on any atom is 0.326 e. The van der Waals surface area contributed by atoms with E-state index in [9.17, 15) is 4.79 Å². The van der Waals surface area contributed by atoms with Gasteiger partial charge in [-0.05, 0) is 43.9 Å². The van der Waals surface area contributed by atoms with Crippen molar-refractivity contribution >= 4 is 34.6 Å². The van der Waals surface area contributed by atoms with E-state index < -0.39 is 0 Å². The van der Waals surface area contributed by atoms with Gasteiger partial charge in [-0.25, -0.2) is 4.98 Å². The smallest absolute Gasteiger partial charge is 0.326 e. The third-order valence-electron chi connectivity index (χ3n) is 3.63. The number of anilines is 1. The van der Waals surface area contributed by atoms with E-state index in [1.54, 1.807) is 16.7 Å². The first-order chi connectivity index (χ1) is 9.63. The van der Waals surface area contributed by atoms with E-state index in [2.05, 4.69) is 4.98 Å². The van der Waals surface area contributed by atoms with Crippen LogP contribution < -0.4 is 5.73 Å². The number of fused-ring (bicyclic) bond motifs is 1. The molecule has 1 aliphatic rings. The molecule has 0 amide bonds. The summed E-state index contributed by atoms with van der Waals surface area (Å²) in [5.41, 5.74) is 7.33. The van der Waals surface area contributed by atoms with E-state index in [1.807, 2.05) is 6.07 Å². The number of nitrogens with zero attached hydrogens (tertiary/aromatic N) is 2. The Bertz CT molecular complexity index is 647. The molecule has 6 heteroatoms. The molecule has 0 saturated heterocycles. The van der Waals surface area contributed by atoms with Crippen molar-refractivity contribution in [3.63, 3.8) is 0 Å². The molecule has 0 spiro atoms. The molecule has 5 nitrogen and oxygen atoms in total. The summed E-state index contributed by atoms with van der Waals surface area (Å²) in [6, 6.07) is 5.29. The second-order valence-corrected chi connectivity index (χ2v) is 5.52. The molecule has 0 bridgehead atoms. The van der Waals surface area contributed by atoms with Crippen molar-refractivity contribution < 1.29 is 9.53 Å². The van der Waals surface area contributed by atoms with Gasteiger partial charge in [0, 0.05) is 5.02 Å². The highest BCUT2D eigenvalue weighted by molar-refractivity contribution is 6.31. The average Bonchev–Trinajstić information content (AvgIpc) is 2.98. The zero-order chi connectivity index (χ0) is 14.1. The van der Waals surface area contributed by atoms with Crippen molar-refractivity contribution in [1.29, 1.82) is 0 Å². The van der Waals surface area contributed by atoms with Gasteiger partial charge in [-0.2, -0.15) is 0 Å². The average molecular weight is 294 g/mol. The van der Waals surface area contributed by atoms with Crippen molar-refractivity contribution in [2.75, 3.05) is 5.73 Å². The number of imidazole rings is 1. The van der Waals surface area contributed by atoms with E-state index in [0.29, 0.717) is 16.5 Å². The van der Waals surface area contributed by atoms with E-state index in [-0.39, 0.29) is 18.6 Å². The molecule has 1 aromatic heterocycles. The highest BCUT2D eigenvalue weighted by Crippen LogP contribution is 2.23. The fourth-order valence-corrected chi connectivity index (χ4v) is 2.81. The molecular formula is C14H16ClN3O2. The largest absolute Gasteiger partial charge is 0.461 e. The fraction of sp³-hybridized carbons (Fsp3) is 0.429. The first-order valence-electron chi connectivity index (χ1n) is 6.74. The molecule has 20 heavy (non-hydrogen) atoms. The molecule has 1 aliphatic carbocycles. The maximum absolute atomic E-state index is 12.0. The van der Waals surface area contributed by atoms with Gasteiger partial charge in [-0.15, -0.1) is 0 Å². The third-order valence-corrected chi connectivity index (χ3v) is 3.86. The van der Waals surface area contributed by atoms with E-state index >= 15 is 0 Å². The normalized spacial score (nSPS) is 15.8. The summed E-state index contributed by atoms with van der Waals surface area (Å²) in [7, 11) is 0. The van der Waals surface area contributed by atoms with Crippen LogP contribution >= 0.6 is 11.6 Å². The number of benzene rings is 1. The minimum Gasteiger partial charge on any atom is -0.461 e. The number of carbonyl (C=O) groups is 1. The summed E-state index contributed by atoms with van der Waals surface area (Å²) in [6.07, 6.45) is 4.25. The molecule has 2 N–H and O–H groups in total. The lowest BCUT2D eigenvalue weighted by molar-refractivity contribution is -0.149. The number of rotatable bonds is 3. The molecule has 0 unspecified atom stereocenters. The van der Waals surface area contributed by atoms with Crippen molar-refractivity contribution in [3.8, 4) is 0 Å². The summed E-state index contributed by atoms with van der Waals surface area (Å²) < 4.78 is 7.10. The van der Waals surface area contributed by atoms with Crippen LogP contribution in [0.1, 0.15) is 25.7 Å². The highest BCUT2D eigenvalue weighted by atomic mass is 35.5. The van der Waals surface area contributed by atoms with Gasteiger partial charge < -0.3 is 10.5 Å². The number of nitrogens with two attached hydrogens (primary N) is 1. The second-order valence-electron chi connectivity index (χ2n) is 5.09. The quantitative estimate of drug-likeness (QED) is 0.883. The molecule has 3 rings (SSSR count). The first kappa shape index (κ1) is 13.2. The van der Waals surface area contributed by atoms with Crippen molar-refractivity contribution in [3.05, 3.63) is 23.2 Å². The summed E-state index contributed by atoms with van der Waals surface area (Å²) in [5, 5.41) is 0.593. The van der Waals surface area contributed by atoms with Gasteiger partial charge in [0.1, 0.15) is 12.6 Å². The monoisotopic (exact) mass is 293 g/mol. The second kappa shape index (κ2) is 5.32. The van der Waals surface area contributed by atoms with Crippen LogP contribution in [0.2, 0.25) is 5.02 Å². The number of halogens is 1. The van der Waals surface area contributed by atoms with E-state index in [1.165, 1.54) is 0 Å². The molecule has 0 radical (unpaired) electrons. The lowest BCUT2D eigenvalue weighted by Gasteiger charge is -2.12. The molecular weight excluding hydrogens is 278 g/mol. The number of hydrogen-bond donors (Lipinski definition) is 1. The van der Waals surface area contributed by atoms with E-state index in [0.717, 1.165) is 31.2 Å². The van der Waals surface area contributed by atoms with Crippen molar-refractivity contribution in [1.82, 2.24) is 9.55 Å². The van der Waals surface area contributed by atoms with Gasteiger partial charge in [0.25, 0.3) is 0 Å². The lowest BCUT2D eigenvalue weighted by atomic mass is 10.3. The number of carbonyl (C=O) groups excluding carboxylic acids is 1. The Kier molecular flexibility index (Phi) is 3.53. The van der Waals surface area contributed by atoms with Gasteiger partial charge in [0.2, 0.25) is 5.95 Å². The van der Waals surface area contributed by atoms with Crippen LogP contribution in [0.25, 0.3) is 11.0 Å². The minimum absolute atomic E-state index is 0.0629. The van der Waals surface area contributed by atoms with Crippen molar-refractivity contribution in [2.24, 2.45) is 0 Å². The van der Waals surface area contributed by atoms with Crippen LogP contribution in [-0.2, 0) is 16.1 Å². The van der Waals surface area contributed by atoms with Crippen molar-refractivity contribution in [2.45, 2.75) is 38.3 Å². The summed E-state index contributed by atoms with van der Waals surface area (Å²) in [4.78, 5) is 16.2. The van der Waals surface area contributed by atoms with Gasteiger partial charge in [-0.1, -0.05) is 11.6 Å². The molecule has 2 aromatic rings. The molecule has 1 heterocycles. The van der Waals surface area contributed by atoms with E-state index in [4.69, 9.17) is 22.1 Å². The van der Waals surface area contributed by atoms with Crippen LogP contribution in [0.5, 0.6) is 0 Å². The van der Waals surface area contributed by atoms with Gasteiger partial charge >= 0.3 is 5.97 Å². The maximum atomic E-state index is 12.0. The topological polar surface area (TPSA) is 70.1 Å². The van der Waals surface area contributed by atoms with Gasteiger partial charge in [0.15, 0.2) is 0 Å². The molecule has 1 saturated carbocycles. The Morgan fingerprint density at radius 3 is 2.95 bits per heavy atom. The number of hydrogen-bond acceptors (Lipinski definition) is 4. The van der Waals surface area contributed by atoms with Crippen LogP contribution in [0.15, 0.2) is 18.2 Å². The Balaban J connectivity index is 1.79. The number of nitrogen functional groups attached to an aromatic ring is 1. The lowest BCUT2D eigenvalue weighted by Crippen LogP contribution is -2.20. The van der Waals surface area contributed by atoms with Gasteiger partial charge in [0.05, 0.1) is 11.0 Å². The van der Waals surface area contributed by atoms with Crippen LogP contribution in [0.3, 0.4) is 0 Å². The Hall–Kier alpha value is -1.75. The number of esters is 1. The minimum atomic E-state index is -0.266. The summed E-state index contributed by atoms with van der Waals surface area (Å²) >= 11 is 5.92. The standard InChI is InChI=1S/C14H16ClN3O2/c15-9-5-6-12-11(7-9)17-14(16)18(12)8-13(19)20-10-3-1-2-4-10/h5-7,10H,1-4,8H2,(H2,16,17). The number of ether oxygens (including phenoxy) is 1. The molecule has 106 valence electrons. The first-order valence-corrected chi connectivity index (χ1v) is 7.12. The van der Waals surface area contributed by atoms with Crippen LogP contribution in [-0.4, -0.2) is 21.6 Å². The predicted octanol–water partition coefficient (Wildman–Crippen LogP) is 2.76. The molecule has 0 atom stereocenters. The fourth-order valence-electron chi connectivity index (χ4n) is 2.65. The predicted molar refractivity (Wildman–Crippen MR) is 77.5 cm³/mol. The van der Waals surface area contributed by atoms with Crippen LogP contribution in [0.4, 0.5) is 5.95 Å². The molecule has 1 fully saturated rings. The third kappa shape index (κ3) is 2.58. The molecule has 1 aromatic carbocycles.